The topological polar surface area (TPSA) is 170 Å². The zero-order valence-electron chi connectivity index (χ0n) is 28.8. The smallest absolute Gasteiger partial charge is 0.252 e. The summed E-state index contributed by atoms with van der Waals surface area (Å²) in [7, 11) is 0. The molecule has 1 aliphatic rings. The second-order valence-corrected chi connectivity index (χ2v) is 13.0. The number of nitrogens with zero attached hydrogens (tertiary/aromatic N) is 1. The number of hydrogen-bond donors (Lipinski definition) is 6. The number of carbonyl (C=O) groups excluding carboxylic acids is 5. The van der Waals surface area contributed by atoms with Gasteiger partial charge in [-0.05, 0) is 63.0 Å². The third-order valence-corrected chi connectivity index (χ3v) is 8.35. The number of aromatic nitrogens is 1. The van der Waals surface area contributed by atoms with E-state index < -0.39 is 30.1 Å². The van der Waals surface area contributed by atoms with Crippen LogP contribution in [0, 0.1) is 17.8 Å². The summed E-state index contributed by atoms with van der Waals surface area (Å²) in [5, 5.41) is 17.8. The van der Waals surface area contributed by atoms with Gasteiger partial charge < -0.3 is 31.9 Å². The molecule has 0 radical (unpaired) electrons. The van der Waals surface area contributed by atoms with Crippen molar-refractivity contribution in [2.75, 3.05) is 13.1 Å². The summed E-state index contributed by atoms with van der Waals surface area (Å²) in [6.45, 7) is 14.3. The first-order chi connectivity index (χ1) is 21.9. The molecule has 0 bridgehead atoms. The number of nitrogens with one attached hydrogen (secondary N) is 6. The van der Waals surface area contributed by atoms with Crippen molar-refractivity contribution < 1.29 is 24.0 Å². The molecular weight excluding hydrogens is 586 g/mol. The summed E-state index contributed by atoms with van der Waals surface area (Å²) >= 11 is 0. The van der Waals surface area contributed by atoms with Crippen LogP contribution in [0.15, 0.2) is 24.5 Å². The fourth-order valence-corrected chi connectivity index (χ4v) is 5.24. The van der Waals surface area contributed by atoms with Gasteiger partial charge in [-0.3, -0.25) is 29.0 Å². The first kappa shape index (κ1) is 38.6. The molecule has 12 heteroatoms. The van der Waals surface area contributed by atoms with Gasteiger partial charge in [0.1, 0.15) is 18.1 Å². The van der Waals surface area contributed by atoms with Gasteiger partial charge in [0.15, 0.2) is 0 Å². The Morgan fingerprint density at radius 3 is 2.04 bits per heavy atom. The third kappa shape index (κ3) is 13.4. The minimum Gasteiger partial charge on any atom is -0.355 e. The maximum absolute atomic E-state index is 13.6. The van der Waals surface area contributed by atoms with E-state index in [1.165, 1.54) is 12.4 Å². The molecular formula is C34H57N7O5. The van der Waals surface area contributed by atoms with Crippen molar-refractivity contribution in [3.8, 4) is 0 Å². The molecule has 0 saturated heterocycles. The average molecular weight is 644 g/mol. The van der Waals surface area contributed by atoms with Crippen LogP contribution < -0.4 is 31.9 Å². The van der Waals surface area contributed by atoms with Crippen molar-refractivity contribution in [2.24, 2.45) is 17.8 Å². The average Bonchev–Trinajstić information content (AvgIpc) is 3.85. The summed E-state index contributed by atoms with van der Waals surface area (Å²) in [4.78, 5) is 69.4. The Morgan fingerprint density at radius 1 is 0.826 bits per heavy atom. The molecule has 46 heavy (non-hydrogen) atoms. The molecule has 0 unspecified atom stereocenters. The zero-order valence-corrected chi connectivity index (χ0v) is 28.8. The Hall–Kier alpha value is -3.54. The summed E-state index contributed by atoms with van der Waals surface area (Å²) in [6, 6.07) is 0.0818. The lowest BCUT2D eigenvalue weighted by Gasteiger charge is -2.29. The fourth-order valence-electron chi connectivity index (χ4n) is 5.24. The van der Waals surface area contributed by atoms with E-state index in [9.17, 15) is 24.0 Å². The van der Waals surface area contributed by atoms with Crippen molar-refractivity contribution in [3.63, 3.8) is 0 Å². The molecule has 0 aliphatic heterocycles. The lowest BCUT2D eigenvalue weighted by atomic mass is 9.97. The third-order valence-electron chi connectivity index (χ3n) is 8.35. The fraction of sp³-hybridized carbons (Fsp3) is 0.706. The quantitative estimate of drug-likeness (QED) is 0.120. The highest BCUT2D eigenvalue weighted by molar-refractivity contribution is 5.98. The van der Waals surface area contributed by atoms with E-state index in [1.54, 1.807) is 19.1 Å². The van der Waals surface area contributed by atoms with E-state index in [0.717, 1.165) is 12.8 Å². The van der Waals surface area contributed by atoms with E-state index in [0.29, 0.717) is 56.7 Å². The lowest BCUT2D eigenvalue weighted by Crippen LogP contribution is -2.58. The van der Waals surface area contributed by atoms with Crippen molar-refractivity contribution >= 4 is 29.5 Å². The first-order valence-corrected chi connectivity index (χ1v) is 17.0. The standard InChI is InChI=1S/C34H57N7O5/c1-8-11-27(39-34(46)29(22(6)9-2)41-31(43)25-14-16-35-17-15-25)33(45)38-26(18-21(4)5)20-37-23(7)30(42)40-28(19-24-12-13-24)32(44)36-10-3/h14-17,21-24,26-29,37H,8-13,18-20H2,1-7H3,(H,36,44)(H,38,45)(H,39,46)(H,40,42)(H,41,43)/t22-,23-,26-,27-,28-,29-/m0/s1. The molecule has 12 nitrogen and oxygen atoms in total. The van der Waals surface area contributed by atoms with Gasteiger partial charge in [0, 0.05) is 37.1 Å². The van der Waals surface area contributed by atoms with Crippen LogP contribution in [-0.2, 0) is 19.2 Å². The van der Waals surface area contributed by atoms with Crippen molar-refractivity contribution in [2.45, 2.75) is 124 Å². The van der Waals surface area contributed by atoms with E-state index in [2.05, 4.69) is 50.7 Å². The first-order valence-electron chi connectivity index (χ1n) is 17.0. The summed E-state index contributed by atoms with van der Waals surface area (Å²) < 4.78 is 0. The van der Waals surface area contributed by atoms with Gasteiger partial charge in [-0.15, -0.1) is 0 Å². The van der Waals surface area contributed by atoms with Gasteiger partial charge >= 0.3 is 0 Å². The minimum absolute atomic E-state index is 0.168. The van der Waals surface area contributed by atoms with Gasteiger partial charge in [-0.1, -0.05) is 60.3 Å². The predicted molar refractivity (Wildman–Crippen MR) is 179 cm³/mol. The molecule has 1 saturated carbocycles. The number of carbonyl (C=O) groups is 5. The Bertz CT molecular complexity index is 1130. The number of likely N-dealkylation sites (N-methyl/N-ethyl adjacent to an activating group) is 1. The number of amides is 5. The molecule has 5 amide bonds. The molecule has 1 heterocycles. The van der Waals surface area contributed by atoms with E-state index >= 15 is 0 Å². The van der Waals surface area contributed by atoms with Gasteiger partial charge in [0.05, 0.1) is 6.04 Å². The Kier molecular flexibility index (Phi) is 16.7. The summed E-state index contributed by atoms with van der Waals surface area (Å²) in [5.41, 5.74) is 0.397. The second-order valence-electron chi connectivity index (χ2n) is 13.0. The molecule has 6 atom stereocenters. The second kappa shape index (κ2) is 19.9. The van der Waals surface area contributed by atoms with Crippen LogP contribution >= 0.6 is 0 Å². The molecule has 6 N–H and O–H groups in total. The lowest BCUT2D eigenvalue weighted by molar-refractivity contribution is -0.131. The molecule has 1 aliphatic carbocycles. The van der Waals surface area contributed by atoms with Crippen LogP contribution in [0.25, 0.3) is 0 Å². The van der Waals surface area contributed by atoms with Gasteiger partial charge in [0.2, 0.25) is 23.6 Å². The van der Waals surface area contributed by atoms with Crippen LogP contribution in [-0.4, -0.2) is 77.8 Å². The molecule has 0 spiro atoms. The molecule has 258 valence electrons. The van der Waals surface area contributed by atoms with E-state index in [1.807, 2.05) is 27.7 Å². The predicted octanol–water partition coefficient (Wildman–Crippen LogP) is 2.44. The molecule has 1 aromatic rings. The highest BCUT2D eigenvalue weighted by Crippen LogP contribution is 2.33. The van der Waals surface area contributed by atoms with Crippen molar-refractivity contribution in [1.82, 2.24) is 36.9 Å². The van der Waals surface area contributed by atoms with Crippen LogP contribution in [0.1, 0.15) is 104 Å². The zero-order chi connectivity index (χ0) is 34.2. The highest BCUT2D eigenvalue weighted by Gasteiger charge is 2.32. The van der Waals surface area contributed by atoms with Crippen LogP contribution in [0.2, 0.25) is 0 Å². The molecule has 2 rings (SSSR count). The normalized spacial score (nSPS) is 16.7. The molecule has 1 fully saturated rings. The summed E-state index contributed by atoms with van der Waals surface area (Å²) in [5.74, 6) is -0.996. The molecule has 1 aromatic heterocycles. The van der Waals surface area contributed by atoms with Crippen molar-refractivity contribution in [3.05, 3.63) is 30.1 Å². The van der Waals surface area contributed by atoms with Crippen LogP contribution in [0.4, 0.5) is 0 Å². The maximum Gasteiger partial charge on any atom is 0.252 e. The van der Waals surface area contributed by atoms with Crippen molar-refractivity contribution in [1.29, 1.82) is 0 Å². The van der Waals surface area contributed by atoms with Crippen LogP contribution in [0.5, 0.6) is 0 Å². The largest absolute Gasteiger partial charge is 0.355 e. The minimum atomic E-state index is -0.826. The highest BCUT2D eigenvalue weighted by atomic mass is 16.2. The number of hydrogen-bond acceptors (Lipinski definition) is 7. The van der Waals surface area contributed by atoms with E-state index in [-0.39, 0.29) is 41.5 Å². The van der Waals surface area contributed by atoms with E-state index in [4.69, 9.17) is 0 Å². The van der Waals surface area contributed by atoms with Gasteiger partial charge in [-0.2, -0.15) is 0 Å². The van der Waals surface area contributed by atoms with Gasteiger partial charge in [0.25, 0.3) is 5.91 Å². The number of rotatable bonds is 21. The van der Waals surface area contributed by atoms with Gasteiger partial charge in [-0.25, -0.2) is 0 Å². The maximum atomic E-state index is 13.6. The van der Waals surface area contributed by atoms with Crippen LogP contribution in [0.3, 0.4) is 0 Å². The Morgan fingerprint density at radius 2 is 1.48 bits per heavy atom. The summed E-state index contributed by atoms with van der Waals surface area (Å²) in [6.07, 6.45) is 8.21. The monoisotopic (exact) mass is 643 g/mol. The Labute approximate surface area is 274 Å². The molecule has 0 aromatic carbocycles. The SMILES string of the molecule is CCC[C@H](NC(=O)[C@@H](NC(=O)c1ccncc1)[C@@H](C)CC)C(=O)N[C@H](CN[C@@H](C)C(=O)N[C@@H](CC1CC1)C(=O)NCC)CC(C)C. The Balaban J connectivity index is 2.05. The number of pyridine rings is 1.